The first-order chi connectivity index (χ1) is 13.7. The van der Waals surface area contributed by atoms with Gasteiger partial charge in [-0.3, -0.25) is 4.79 Å². The van der Waals surface area contributed by atoms with E-state index in [0.29, 0.717) is 5.91 Å². The summed E-state index contributed by atoms with van der Waals surface area (Å²) in [7, 11) is 0. The van der Waals surface area contributed by atoms with Crippen LogP contribution in [-0.2, 0) is 11.3 Å². The van der Waals surface area contributed by atoms with Crippen molar-refractivity contribution >= 4 is 5.91 Å². The van der Waals surface area contributed by atoms with Gasteiger partial charge in [0.2, 0.25) is 0 Å². The van der Waals surface area contributed by atoms with Gasteiger partial charge in [-0.1, -0.05) is 35.5 Å². The molecule has 0 aliphatic carbocycles. The number of piperazine rings is 1. The zero-order chi connectivity index (χ0) is 19.3. The third-order valence-corrected chi connectivity index (χ3v) is 6.16. The number of aromatic nitrogens is 1. The predicted molar refractivity (Wildman–Crippen MR) is 106 cm³/mol. The Balaban J connectivity index is 1.44. The minimum atomic E-state index is -0.0739. The monoisotopic (exact) mass is 384 g/mol. The van der Waals surface area contributed by atoms with Crippen LogP contribution >= 0.6 is 0 Å². The van der Waals surface area contributed by atoms with Crippen molar-refractivity contribution in [3.8, 4) is 0 Å². The van der Waals surface area contributed by atoms with E-state index in [4.69, 9.17) is 4.52 Å². The van der Waals surface area contributed by atoms with Gasteiger partial charge in [0.1, 0.15) is 44.2 Å². The fraction of sp³-hybridized carbons (Fsp3) is 0.545. The number of rotatable bonds is 5. The standard InChI is InChI=1S/C22H30N4O2/c1-18-16-20(23-28-18)17-24-12-14-25(15-13-24)21(19-8-4-2-5-9-19)22(27)26-10-6-3-7-11-26/h2,4-5,8-9,16,21H,3,6-7,10-15,17H2,1H3/p+2/t21-/m1/s1. The predicted octanol–water partition coefficient (Wildman–Crippen LogP) is 0.0202. The summed E-state index contributed by atoms with van der Waals surface area (Å²) in [6, 6.07) is 12.3. The van der Waals surface area contributed by atoms with Crippen molar-refractivity contribution in [1.82, 2.24) is 10.1 Å². The maximum Gasteiger partial charge on any atom is 0.285 e. The Bertz CT molecular complexity index is 762. The molecule has 2 saturated heterocycles. The third-order valence-electron chi connectivity index (χ3n) is 6.16. The molecule has 1 atom stereocenters. The summed E-state index contributed by atoms with van der Waals surface area (Å²) in [5.41, 5.74) is 2.18. The van der Waals surface area contributed by atoms with E-state index in [2.05, 4.69) is 34.3 Å². The SMILES string of the molecule is Cc1cc(C[NH+]2CC[NH+]([C@@H](C(=O)N3CCCCC3)c3ccccc3)CC2)no1. The number of hydrogen-bond acceptors (Lipinski definition) is 3. The number of aryl methyl sites for hydroxylation is 1. The van der Waals surface area contributed by atoms with Crippen LogP contribution in [0.4, 0.5) is 0 Å². The minimum Gasteiger partial charge on any atom is -0.361 e. The molecule has 1 amide bonds. The van der Waals surface area contributed by atoms with Gasteiger partial charge in [-0.2, -0.15) is 0 Å². The van der Waals surface area contributed by atoms with Crippen molar-refractivity contribution in [2.45, 2.75) is 38.8 Å². The van der Waals surface area contributed by atoms with Gasteiger partial charge in [0.25, 0.3) is 5.91 Å². The van der Waals surface area contributed by atoms with E-state index in [1.165, 1.54) is 16.2 Å². The van der Waals surface area contributed by atoms with E-state index in [0.717, 1.165) is 75.7 Å². The average Bonchev–Trinajstić information content (AvgIpc) is 3.15. The Morgan fingerprint density at radius 1 is 1.11 bits per heavy atom. The number of likely N-dealkylation sites (tertiary alicyclic amines) is 1. The summed E-state index contributed by atoms with van der Waals surface area (Å²) >= 11 is 0. The van der Waals surface area contributed by atoms with Crippen LogP contribution in [0.5, 0.6) is 0 Å². The Labute approximate surface area is 167 Å². The Morgan fingerprint density at radius 3 is 2.46 bits per heavy atom. The van der Waals surface area contributed by atoms with Gasteiger partial charge in [-0.05, 0) is 26.2 Å². The lowest BCUT2D eigenvalue weighted by Crippen LogP contribution is -3.28. The second kappa shape index (κ2) is 8.88. The average molecular weight is 385 g/mol. The van der Waals surface area contributed by atoms with Crippen LogP contribution in [0.25, 0.3) is 0 Å². The van der Waals surface area contributed by atoms with Gasteiger partial charge in [-0.15, -0.1) is 0 Å². The highest BCUT2D eigenvalue weighted by atomic mass is 16.5. The zero-order valence-corrected chi connectivity index (χ0v) is 16.8. The number of nitrogens with one attached hydrogen (secondary N) is 2. The molecule has 6 heteroatoms. The van der Waals surface area contributed by atoms with Crippen LogP contribution in [0.3, 0.4) is 0 Å². The number of benzene rings is 1. The number of quaternary nitrogens is 2. The van der Waals surface area contributed by atoms with E-state index in [1.807, 2.05) is 19.1 Å². The van der Waals surface area contributed by atoms with Gasteiger partial charge < -0.3 is 19.2 Å². The van der Waals surface area contributed by atoms with E-state index in [1.54, 1.807) is 0 Å². The van der Waals surface area contributed by atoms with E-state index < -0.39 is 0 Å². The first-order valence-corrected chi connectivity index (χ1v) is 10.6. The van der Waals surface area contributed by atoms with Crippen molar-refractivity contribution in [3.63, 3.8) is 0 Å². The lowest BCUT2D eigenvalue weighted by atomic mass is 10.0. The third kappa shape index (κ3) is 4.45. The molecule has 0 bridgehead atoms. The minimum absolute atomic E-state index is 0.0739. The van der Waals surface area contributed by atoms with Crippen molar-refractivity contribution in [2.24, 2.45) is 0 Å². The number of hydrogen-bond donors (Lipinski definition) is 2. The van der Waals surface area contributed by atoms with Gasteiger partial charge >= 0.3 is 0 Å². The van der Waals surface area contributed by atoms with Crippen LogP contribution in [-0.4, -0.2) is 55.2 Å². The number of piperidine rings is 1. The quantitative estimate of drug-likeness (QED) is 0.764. The molecule has 6 nitrogen and oxygen atoms in total. The number of nitrogens with zero attached hydrogens (tertiary/aromatic N) is 2. The molecular formula is C22H32N4O2+2. The van der Waals surface area contributed by atoms with Crippen LogP contribution in [0.1, 0.15) is 42.3 Å². The van der Waals surface area contributed by atoms with Crippen LogP contribution in [0.2, 0.25) is 0 Å². The molecule has 0 saturated carbocycles. The Hall–Kier alpha value is -2.18. The molecule has 3 heterocycles. The molecule has 2 N–H and O–H groups in total. The van der Waals surface area contributed by atoms with Crippen LogP contribution in [0.15, 0.2) is 40.9 Å². The van der Waals surface area contributed by atoms with Crippen molar-refractivity contribution in [3.05, 3.63) is 53.4 Å². The van der Waals surface area contributed by atoms with Crippen molar-refractivity contribution in [1.29, 1.82) is 0 Å². The largest absolute Gasteiger partial charge is 0.361 e. The van der Waals surface area contributed by atoms with E-state index in [-0.39, 0.29) is 6.04 Å². The maximum atomic E-state index is 13.4. The molecule has 4 rings (SSSR count). The van der Waals surface area contributed by atoms with Crippen LogP contribution < -0.4 is 9.80 Å². The Kier molecular flexibility index (Phi) is 6.07. The number of carbonyl (C=O) groups is 1. The molecule has 2 aliphatic rings. The highest BCUT2D eigenvalue weighted by molar-refractivity contribution is 5.82. The summed E-state index contributed by atoms with van der Waals surface area (Å²) in [5.74, 6) is 1.19. The Morgan fingerprint density at radius 2 is 1.82 bits per heavy atom. The fourth-order valence-corrected chi connectivity index (χ4v) is 4.64. The highest BCUT2D eigenvalue weighted by Crippen LogP contribution is 2.17. The fourth-order valence-electron chi connectivity index (χ4n) is 4.64. The maximum absolute atomic E-state index is 13.4. The normalized spacial score (nSPS) is 24.1. The summed E-state index contributed by atoms with van der Waals surface area (Å²) in [4.78, 5) is 18.5. The first kappa shape index (κ1) is 19.2. The molecule has 0 spiro atoms. The molecule has 28 heavy (non-hydrogen) atoms. The van der Waals surface area contributed by atoms with Gasteiger partial charge in [0, 0.05) is 24.7 Å². The molecule has 0 radical (unpaired) electrons. The van der Waals surface area contributed by atoms with E-state index in [9.17, 15) is 4.79 Å². The highest BCUT2D eigenvalue weighted by Gasteiger charge is 2.38. The van der Waals surface area contributed by atoms with Gasteiger partial charge in [0.15, 0.2) is 6.04 Å². The van der Waals surface area contributed by atoms with Crippen LogP contribution in [0, 0.1) is 6.92 Å². The molecule has 150 valence electrons. The number of amides is 1. The molecule has 1 aromatic heterocycles. The molecule has 0 unspecified atom stereocenters. The molecule has 1 aromatic carbocycles. The van der Waals surface area contributed by atoms with Gasteiger partial charge in [0.05, 0.1) is 0 Å². The topological polar surface area (TPSA) is 55.2 Å². The molecular weight excluding hydrogens is 352 g/mol. The summed E-state index contributed by atoms with van der Waals surface area (Å²) < 4.78 is 5.20. The number of carbonyl (C=O) groups excluding carboxylic acids is 1. The lowest BCUT2D eigenvalue weighted by Gasteiger charge is -2.37. The lowest BCUT2D eigenvalue weighted by molar-refractivity contribution is -1.03. The van der Waals surface area contributed by atoms with E-state index >= 15 is 0 Å². The molecule has 2 aromatic rings. The first-order valence-electron chi connectivity index (χ1n) is 10.6. The summed E-state index contributed by atoms with van der Waals surface area (Å²) in [6.07, 6.45) is 3.52. The van der Waals surface area contributed by atoms with Crippen molar-refractivity contribution < 1.29 is 19.1 Å². The van der Waals surface area contributed by atoms with Gasteiger partial charge in [-0.25, -0.2) is 0 Å². The summed E-state index contributed by atoms with van der Waals surface area (Å²) in [6.45, 7) is 8.79. The van der Waals surface area contributed by atoms with Crippen molar-refractivity contribution in [2.75, 3.05) is 39.3 Å². The molecule has 2 aliphatic heterocycles. The second-order valence-electron chi connectivity index (χ2n) is 8.24. The second-order valence-corrected chi connectivity index (χ2v) is 8.24. The molecule has 2 fully saturated rings. The smallest absolute Gasteiger partial charge is 0.285 e. The zero-order valence-electron chi connectivity index (χ0n) is 16.8. The summed E-state index contributed by atoms with van der Waals surface area (Å²) in [5, 5.41) is 4.14.